The van der Waals surface area contributed by atoms with Crippen LogP contribution >= 0.6 is 22.7 Å². The summed E-state index contributed by atoms with van der Waals surface area (Å²) in [6.45, 7) is 4.35. The number of rotatable bonds is 8. The van der Waals surface area contributed by atoms with Gasteiger partial charge in [0.15, 0.2) is 6.29 Å². The van der Waals surface area contributed by atoms with E-state index in [1.54, 1.807) is 23.7 Å². The Bertz CT molecular complexity index is 2000. The minimum atomic E-state index is 0.809. The zero-order valence-corrected chi connectivity index (χ0v) is 26.8. The first kappa shape index (κ1) is 29.0. The first-order valence-electron chi connectivity index (χ1n) is 15.1. The Balaban J connectivity index is 1.16. The molecule has 5 aromatic heterocycles. The number of aldehydes is 1. The van der Waals surface area contributed by atoms with Crippen molar-refractivity contribution in [1.82, 2.24) is 15.0 Å². The summed E-state index contributed by atoms with van der Waals surface area (Å²) in [6.07, 6.45) is 12.3. The van der Waals surface area contributed by atoms with Crippen molar-refractivity contribution >= 4 is 52.3 Å². The molecule has 1 aromatic carbocycles. The van der Waals surface area contributed by atoms with E-state index in [1.165, 1.54) is 36.9 Å². The minimum absolute atomic E-state index is 0.809. The standard InChI is InChI=1S/C39H31N3OS2/c1-25-34(32-8-7-9-33(32)35-23-31(24-43)45-26(35)2)22-30(44-25)17-14-27-12-15-28(16-13-27)29-20-38(36-10-3-5-18-40-36)42-39(21-29)37-11-4-6-19-41-37/h3-6,10-24H,7-9H2,1-2H3/b17-14+. The predicted molar refractivity (Wildman–Crippen MR) is 189 cm³/mol. The van der Waals surface area contributed by atoms with Crippen LogP contribution < -0.4 is 0 Å². The highest BCUT2D eigenvalue weighted by molar-refractivity contribution is 7.14. The summed E-state index contributed by atoms with van der Waals surface area (Å²) >= 11 is 3.43. The summed E-state index contributed by atoms with van der Waals surface area (Å²) in [7, 11) is 0. The molecule has 7 rings (SSSR count). The first-order valence-corrected chi connectivity index (χ1v) is 16.7. The normalized spacial score (nSPS) is 13.2. The molecule has 0 radical (unpaired) electrons. The van der Waals surface area contributed by atoms with Crippen LogP contribution in [0.1, 0.15) is 60.3 Å². The summed E-state index contributed by atoms with van der Waals surface area (Å²) in [6, 6.07) is 29.0. The van der Waals surface area contributed by atoms with Crippen LogP contribution in [0.2, 0.25) is 0 Å². The van der Waals surface area contributed by atoms with E-state index in [9.17, 15) is 4.79 Å². The number of aryl methyl sites for hydroxylation is 2. The molecule has 0 amide bonds. The molecule has 220 valence electrons. The molecule has 0 atom stereocenters. The fraction of sp³-hybridized carbons (Fsp3) is 0.128. The van der Waals surface area contributed by atoms with Crippen LogP contribution in [0.4, 0.5) is 0 Å². The molecule has 1 aliphatic carbocycles. The van der Waals surface area contributed by atoms with Crippen LogP contribution in [0.3, 0.4) is 0 Å². The Kier molecular flexibility index (Phi) is 8.16. The maximum atomic E-state index is 11.4. The Morgan fingerprint density at radius 1 is 0.622 bits per heavy atom. The van der Waals surface area contributed by atoms with E-state index in [0.29, 0.717) is 0 Å². The molecule has 6 heteroatoms. The van der Waals surface area contributed by atoms with Gasteiger partial charge in [0.1, 0.15) is 0 Å². The van der Waals surface area contributed by atoms with E-state index >= 15 is 0 Å². The first-order chi connectivity index (χ1) is 22.1. The van der Waals surface area contributed by atoms with Crippen LogP contribution in [-0.2, 0) is 0 Å². The number of hydrogen-bond acceptors (Lipinski definition) is 6. The molecular formula is C39H31N3OS2. The molecule has 0 fully saturated rings. The van der Waals surface area contributed by atoms with Gasteiger partial charge < -0.3 is 0 Å². The Morgan fingerprint density at radius 3 is 1.73 bits per heavy atom. The largest absolute Gasteiger partial charge is 0.297 e. The number of thiophene rings is 2. The van der Waals surface area contributed by atoms with Crippen molar-refractivity contribution in [3.8, 4) is 33.9 Å². The summed E-state index contributed by atoms with van der Waals surface area (Å²) in [4.78, 5) is 30.0. The lowest BCUT2D eigenvalue weighted by Gasteiger charge is -2.09. The maximum absolute atomic E-state index is 11.4. The minimum Gasteiger partial charge on any atom is -0.297 e. The van der Waals surface area contributed by atoms with Crippen LogP contribution in [0.5, 0.6) is 0 Å². The van der Waals surface area contributed by atoms with Crippen molar-refractivity contribution in [2.24, 2.45) is 0 Å². The molecule has 0 saturated carbocycles. The van der Waals surface area contributed by atoms with Crippen LogP contribution in [-0.4, -0.2) is 21.2 Å². The third-order valence-corrected chi connectivity index (χ3v) is 10.2. The van der Waals surface area contributed by atoms with Crippen LogP contribution in [0, 0.1) is 13.8 Å². The summed E-state index contributed by atoms with van der Waals surface area (Å²) in [5.74, 6) is 0. The van der Waals surface area contributed by atoms with Crippen molar-refractivity contribution in [3.63, 3.8) is 0 Å². The third kappa shape index (κ3) is 6.12. The second-order valence-corrected chi connectivity index (χ2v) is 13.8. The van der Waals surface area contributed by atoms with Gasteiger partial charge in [0.2, 0.25) is 0 Å². The number of benzene rings is 1. The van der Waals surface area contributed by atoms with E-state index < -0.39 is 0 Å². The quantitative estimate of drug-likeness (QED) is 0.159. The van der Waals surface area contributed by atoms with Crippen molar-refractivity contribution in [1.29, 1.82) is 0 Å². The molecule has 0 N–H and O–H groups in total. The fourth-order valence-electron chi connectivity index (χ4n) is 6.04. The molecule has 0 aliphatic heterocycles. The number of aromatic nitrogens is 3. The molecule has 45 heavy (non-hydrogen) atoms. The molecule has 0 spiro atoms. The van der Waals surface area contributed by atoms with Crippen molar-refractivity contribution in [3.05, 3.63) is 134 Å². The maximum Gasteiger partial charge on any atom is 0.160 e. The molecule has 4 nitrogen and oxygen atoms in total. The van der Waals surface area contributed by atoms with Crippen LogP contribution in [0.15, 0.2) is 97.3 Å². The zero-order valence-electron chi connectivity index (χ0n) is 25.2. The number of hydrogen-bond donors (Lipinski definition) is 0. The zero-order chi connectivity index (χ0) is 30.8. The van der Waals surface area contributed by atoms with Crippen molar-refractivity contribution in [2.45, 2.75) is 33.1 Å². The molecule has 1 aliphatic rings. The summed E-state index contributed by atoms with van der Waals surface area (Å²) in [5.41, 5.74) is 12.1. The smallest absolute Gasteiger partial charge is 0.160 e. The average molecular weight is 622 g/mol. The Morgan fingerprint density at radius 2 is 1.20 bits per heavy atom. The van der Waals surface area contributed by atoms with Crippen molar-refractivity contribution in [2.75, 3.05) is 0 Å². The van der Waals surface area contributed by atoms with Gasteiger partial charge in [0, 0.05) is 27.0 Å². The van der Waals surface area contributed by atoms with E-state index in [2.05, 4.69) is 84.5 Å². The number of allylic oxidation sites excluding steroid dienone is 2. The molecule has 6 aromatic rings. The lowest BCUT2D eigenvalue weighted by atomic mass is 9.97. The molecule has 5 heterocycles. The highest BCUT2D eigenvalue weighted by Crippen LogP contribution is 2.45. The molecule has 0 bridgehead atoms. The highest BCUT2D eigenvalue weighted by Gasteiger charge is 2.22. The number of carbonyl (C=O) groups excluding carboxylic acids is 1. The van der Waals surface area contributed by atoms with E-state index in [-0.39, 0.29) is 0 Å². The predicted octanol–water partition coefficient (Wildman–Crippen LogP) is 10.7. The highest BCUT2D eigenvalue weighted by atomic mass is 32.1. The molecular weight excluding hydrogens is 591 g/mol. The second kappa shape index (κ2) is 12.7. The van der Waals surface area contributed by atoms with Crippen molar-refractivity contribution < 1.29 is 4.79 Å². The van der Waals surface area contributed by atoms with Gasteiger partial charge >= 0.3 is 0 Å². The molecule has 0 unspecified atom stereocenters. The monoisotopic (exact) mass is 621 g/mol. The topological polar surface area (TPSA) is 55.7 Å². The van der Waals surface area contributed by atoms with Gasteiger partial charge in [-0.3, -0.25) is 14.8 Å². The van der Waals surface area contributed by atoms with Gasteiger partial charge in [-0.05, 0) is 127 Å². The van der Waals surface area contributed by atoms with E-state index in [4.69, 9.17) is 4.98 Å². The summed E-state index contributed by atoms with van der Waals surface area (Å²) in [5, 5.41) is 0. The Labute approximate surface area is 271 Å². The van der Waals surface area contributed by atoms with Gasteiger partial charge in [0.05, 0.1) is 27.7 Å². The lowest BCUT2D eigenvalue weighted by Crippen LogP contribution is -1.93. The van der Waals surface area contributed by atoms with Gasteiger partial charge in [-0.1, -0.05) is 42.5 Å². The second-order valence-electron chi connectivity index (χ2n) is 11.2. The van der Waals surface area contributed by atoms with Gasteiger partial charge in [0.25, 0.3) is 0 Å². The lowest BCUT2D eigenvalue weighted by molar-refractivity contribution is 0.112. The summed E-state index contributed by atoms with van der Waals surface area (Å²) < 4.78 is 0. The number of nitrogens with zero attached hydrogens (tertiary/aromatic N) is 3. The van der Waals surface area contributed by atoms with E-state index in [0.717, 1.165) is 69.9 Å². The van der Waals surface area contributed by atoms with Gasteiger partial charge in [-0.15, -0.1) is 22.7 Å². The van der Waals surface area contributed by atoms with E-state index in [1.807, 2.05) is 47.7 Å². The Hall–Kier alpha value is -4.78. The van der Waals surface area contributed by atoms with Crippen LogP contribution in [0.25, 0.3) is 57.2 Å². The van der Waals surface area contributed by atoms with Gasteiger partial charge in [-0.25, -0.2) is 4.98 Å². The number of carbonyl (C=O) groups is 1. The number of pyridine rings is 3. The molecule has 0 saturated heterocycles. The fourth-order valence-corrected chi connectivity index (χ4v) is 7.87. The average Bonchev–Trinajstić information content (AvgIpc) is 3.82. The van der Waals surface area contributed by atoms with Gasteiger partial charge in [-0.2, -0.15) is 0 Å². The third-order valence-electron chi connectivity index (χ3n) is 8.22. The SMILES string of the molecule is Cc1sc(C=O)cc1C1=C(c2cc(/C=C/c3ccc(-c4cc(-c5ccccn5)nc(-c5ccccn5)c4)cc3)sc2C)CCC1.